The third-order valence-corrected chi connectivity index (χ3v) is 3.08. The van der Waals surface area contributed by atoms with Crippen LogP contribution in [-0.2, 0) is 11.3 Å². The molecule has 0 saturated carbocycles. The number of rotatable bonds is 4. The molecule has 17 heavy (non-hydrogen) atoms. The molecule has 90 valence electrons. The lowest BCUT2D eigenvalue weighted by molar-refractivity contribution is -0.147. The van der Waals surface area contributed by atoms with Gasteiger partial charge in [0.1, 0.15) is 0 Å². The number of hydrogen-bond donors (Lipinski definition) is 1. The molecule has 0 atom stereocenters. The first-order valence-corrected chi connectivity index (χ1v) is 5.77. The van der Waals surface area contributed by atoms with Crippen molar-refractivity contribution in [1.29, 1.82) is 0 Å². The zero-order chi connectivity index (χ0) is 12.5. The van der Waals surface area contributed by atoms with Crippen molar-refractivity contribution in [3.05, 3.63) is 11.7 Å². The molecule has 0 aliphatic rings. The van der Waals surface area contributed by atoms with Gasteiger partial charge in [-0.1, -0.05) is 0 Å². The van der Waals surface area contributed by atoms with E-state index in [4.69, 9.17) is 5.11 Å². The summed E-state index contributed by atoms with van der Waals surface area (Å²) in [5.74, 6) is -0.343. The van der Waals surface area contributed by atoms with Crippen LogP contribution in [0.15, 0.2) is 11.7 Å². The average molecular weight is 253 g/mol. The molecule has 0 aliphatic heterocycles. The number of nitrogens with zero attached hydrogens (tertiary/aromatic N) is 5. The molecule has 0 unspecified atom stereocenters. The molecule has 0 aromatic carbocycles. The van der Waals surface area contributed by atoms with Gasteiger partial charge in [-0.15, -0.1) is 16.4 Å². The molecule has 2 heterocycles. The maximum atomic E-state index is 11.1. The smallest absolute Gasteiger partial charge is 0.310 e. The van der Waals surface area contributed by atoms with E-state index < -0.39 is 11.4 Å². The van der Waals surface area contributed by atoms with Gasteiger partial charge in [-0.05, 0) is 24.3 Å². The molecule has 8 heteroatoms. The van der Waals surface area contributed by atoms with E-state index in [0.717, 1.165) is 4.88 Å². The molecule has 0 aliphatic carbocycles. The van der Waals surface area contributed by atoms with E-state index in [1.807, 2.05) is 0 Å². The summed E-state index contributed by atoms with van der Waals surface area (Å²) in [5.41, 5.74) is 0.755. The van der Waals surface area contributed by atoms with Crippen LogP contribution in [0, 0.1) is 5.41 Å². The number of carboxylic acids is 1. The van der Waals surface area contributed by atoms with Crippen LogP contribution in [0.5, 0.6) is 0 Å². The predicted octanol–water partition coefficient (Wildman–Crippen LogP) is 0.907. The highest BCUT2D eigenvalue weighted by Crippen LogP contribution is 2.24. The number of carbonyl (C=O) groups is 1. The number of hydrogen-bond acceptors (Lipinski definition) is 6. The Hall–Kier alpha value is -1.83. The van der Waals surface area contributed by atoms with Crippen molar-refractivity contribution in [1.82, 2.24) is 25.2 Å². The van der Waals surface area contributed by atoms with E-state index in [2.05, 4.69) is 20.5 Å². The molecule has 0 amide bonds. The molecule has 1 N–H and O–H groups in total. The fraction of sp³-hybridized carbons (Fsp3) is 0.444. The second kappa shape index (κ2) is 4.21. The molecule has 2 aromatic heterocycles. The van der Waals surface area contributed by atoms with Gasteiger partial charge < -0.3 is 5.11 Å². The predicted molar refractivity (Wildman–Crippen MR) is 60.3 cm³/mol. The van der Waals surface area contributed by atoms with Crippen molar-refractivity contribution < 1.29 is 9.90 Å². The highest BCUT2D eigenvalue weighted by Gasteiger charge is 2.29. The normalized spacial score (nSPS) is 11.6. The summed E-state index contributed by atoms with van der Waals surface area (Å²) in [6.45, 7) is 3.48. The molecule has 2 rings (SSSR count). The van der Waals surface area contributed by atoms with E-state index in [9.17, 15) is 4.79 Å². The minimum absolute atomic E-state index is 0.211. The highest BCUT2D eigenvalue weighted by atomic mass is 32.1. The summed E-state index contributed by atoms with van der Waals surface area (Å²) in [6, 6.07) is 0. The van der Waals surface area contributed by atoms with E-state index in [0.29, 0.717) is 5.82 Å². The summed E-state index contributed by atoms with van der Waals surface area (Å²) >= 11 is 1.41. The topological polar surface area (TPSA) is 93.8 Å². The van der Waals surface area contributed by atoms with Gasteiger partial charge in [-0.3, -0.25) is 9.78 Å². The van der Waals surface area contributed by atoms with Gasteiger partial charge in [0.15, 0.2) is 5.82 Å². The van der Waals surface area contributed by atoms with Gasteiger partial charge in [-0.2, -0.15) is 0 Å². The molecular formula is C9H11N5O2S. The van der Waals surface area contributed by atoms with Crippen LogP contribution in [0.1, 0.15) is 13.8 Å². The van der Waals surface area contributed by atoms with E-state index in [-0.39, 0.29) is 6.54 Å². The SMILES string of the molecule is CC(C)(Cn1nnnc1-c1cncs1)C(=O)O. The van der Waals surface area contributed by atoms with Gasteiger partial charge in [0.2, 0.25) is 0 Å². The third-order valence-electron chi connectivity index (χ3n) is 2.31. The van der Waals surface area contributed by atoms with Gasteiger partial charge in [0.05, 0.1) is 22.3 Å². The summed E-state index contributed by atoms with van der Waals surface area (Å²) in [7, 11) is 0. The minimum Gasteiger partial charge on any atom is -0.481 e. The molecular weight excluding hydrogens is 242 g/mol. The summed E-state index contributed by atoms with van der Waals surface area (Å²) < 4.78 is 1.49. The lowest BCUT2D eigenvalue weighted by Crippen LogP contribution is -2.30. The number of thiazole rings is 1. The Kier molecular flexibility index (Phi) is 2.88. The number of tetrazole rings is 1. The van der Waals surface area contributed by atoms with E-state index >= 15 is 0 Å². The molecule has 0 radical (unpaired) electrons. The van der Waals surface area contributed by atoms with Crippen LogP contribution in [0.25, 0.3) is 10.7 Å². The van der Waals surface area contributed by atoms with Crippen molar-refractivity contribution in [2.45, 2.75) is 20.4 Å². The first-order valence-electron chi connectivity index (χ1n) is 4.89. The van der Waals surface area contributed by atoms with Crippen LogP contribution in [0.4, 0.5) is 0 Å². The van der Waals surface area contributed by atoms with Crippen molar-refractivity contribution in [2.24, 2.45) is 5.41 Å². The van der Waals surface area contributed by atoms with Crippen LogP contribution in [-0.4, -0.2) is 36.3 Å². The first-order chi connectivity index (χ1) is 8.00. The largest absolute Gasteiger partial charge is 0.481 e. The lowest BCUT2D eigenvalue weighted by Gasteiger charge is -2.18. The molecule has 7 nitrogen and oxygen atoms in total. The second-order valence-corrected chi connectivity index (χ2v) is 5.10. The maximum Gasteiger partial charge on any atom is 0.310 e. The number of carboxylic acid groups (broad SMARTS) is 1. The molecule has 0 bridgehead atoms. The Morgan fingerprint density at radius 1 is 1.59 bits per heavy atom. The Labute approximate surface area is 101 Å². The maximum absolute atomic E-state index is 11.1. The zero-order valence-electron chi connectivity index (χ0n) is 9.36. The van der Waals surface area contributed by atoms with Crippen LogP contribution in [0.2, 0.25) is 0 Å². The summed E-state index contributed by atoms with van der Waals surface area (Å²) in [6.07, 6.45) is 1.65. The minimum atomic E-state index is -0.922. The lowest BCUT2D eigenvalue weighted by atomic mass is 9.94. The quantitative estimate of drug-likeness (QED) is 0.870. The monoisotopic (exact) mass is 253 g/mol. The van der Waals surface area contributed by atoms with Crippen LogP contribution >= 0.6 is 11.3 Å². The van der Waals surface area contributed by atoms with Gasteiger partial charge in [0.25, 0.3) is 0 Å². The first kappa shape index (κ1) is 11.6. The van der Waals surface area contributed by atoms with Gasteiger partial charge >= 0.3 is 5.97 Å². The van der Waals surface area contributed by atoms with Crippen molar-refractivity contribution in [3.8, 4) is 10.7 Å². The number of aromatic nitrogens is 5. The fourth-order valence-electron chi connectivity index (χ4n) is 1.26. The Bertz CT molecular complexity index is 519. The van der Waals surface area contributed by atoms with Crippen molar-refractivity contribution in [3.63, 3.8) is 0 Å². The summed E-state index contributed by atoms with van der Waals surface area (Å²) in [4.78, 5) is 15.8. The van der Waals surface area contributed by atoms with Crippen molar-refractivity contribution in [2.75, 3.05) is 0 Å². The van der Waals surface area contributed by atoms with E-state index in [1.54, 1.807) is 25.6 Å². The Morgan fingerprint density at radius 2 is 2.35 bits per heavy atom. The van der Waals surface area contributed by atoms with Gasteiger partial charge in [-0.25, -0.2) is 4.68 Å². The number of aliphatic carboxylic acids is 1. The molecule has 2 aromatic rings. The fourth-order valence-corrected chi connectivity index (χ4v) is 1.86. The van der Waals surface area contributed by atoms with Crippen LogP contribution in [0.3, 0.4) is 0 Å². The highest BCUT2D eigenvalue weighted by molar-refractivity contribution is 7.13. The standard InChI is InChI=1S/C9H11N5O2S/c1-9(2,8(15)16)4-14-7(11-12-13-14)6-3-10-5-17-6/h3,5H,4H2,1-2H3,(H,15,16). The van der Waals surface area contributed by atoms with E-state index in [1.165, 1.54) is 16.0 Å². The Morgan fingerprint density at radius 3 is 2.94 bits per heavy atom. The molecule has 0 fully saturated rings. The second-order valence-electron chi connectivity index (χ2n) is 4.21. The Balaban J connectivity index is 2.30. The third kappa shape index (κ3) is 2.31. The molecule has 0 spiro atoms. The molecule has 0 saturated heterocycles. The summed E-state index contributed by atoms with van der Waals surface area (Å²) in [5, 5.41) is 20.3. The zero-order valence-corrected chi connectivity index (χ0v) is 10.2. The van der Waals surface area contributed by atoms with Gasteiger partial charge in [0, 0.05) is 6.20 Å². The average Bonchev–Trinajstić information content (AvgIpc) is 2.85. The van der Waals surface area contributed by atoms with Crippen LogP contribution < -0.4 is 0 Å². The van der Waals surface area contributed by atoms with Crippen molar-refractivity contribution >= 4 is 17.3 Å².